The third kappa shape index (κ3) is 17.7. The van der Waals surface area contributed by atoms with E-state index in [1.807, 2.05) is 12.2 Å². The Morgan fingerprint density at radius 2 is 1.27 bits per heavy atom. The second-order valence-corrected chi connectivity index (χ2v) is 12.9. The SMILES string of the molecule is CC(C)=CCC1CC(C)(C=CC=C(C)C(=O)NC(N)=NCCCCN=C(N)N)C(C=C(C)C(=O)NC(N)=NCCCCN=C(N)N)C=C1C. The van der Waals surface area contributed by atoms with Crippen LogP contribution in [0.25, 0.3) is 0 Å². The van der Waals surface area contributed by atoms with E-state index in [9.17, 15) is 9.59 Å². The molecule has 14 nitrogen and oxygen atoms in total. The molecule has 0 spiro atoms. The first-order valence-corrected chi connectivity index (χ1v) is 16.7. The number of allylic oxidation sites excluding steroid dienone is 8. The van der Waals surface area contributed by atoms with Gasteiger partial charge in [-0.3, -0.25) is 40.2 Å². The minimum atomic E-state index is -0.345. The van der Waals surface area contributed by atoms with Crippen LogP contribution in [0.3, 0.4) is 0 Å². The third-order valence-corrected chi connectivity index (χ3v) is 8.08. The lowest BCUT2D eigenvalue weighted by Crippen LogP contribution is -2.38. The van der Waals surface area contributed by atoms with Crippen molar-refractivity contribution in [3.05, 3.63) is 58.7 Å². The van der Waals surface area contributed by atoms with E-state index in [-0.39, 0.29) is 47.0 Å². The number of carbonyl (C=O) groups excluding carboxylic acids is 2. The summed E-state index contributed by atoms with van der Waals surface area (Å²) in [7, 11) is 0. The predicted molar refractivity (Wildman–Crippen MR) is 203 cm³/mol. The summed E-state index contributed by atoms with van der Waals surface area (Å²) >= 11 is 0. The lowest BCUT2D eigenvalue weighted by Gasteiger charge is -2.40. The van der Waals surface area contributed by atoms with Crippen molar-refractivity contribution in [1.29, 1.82) is 0 Å². The zero-order valence-corrected chi connectivity index (χ0v) is 30.3. The average molecular weight is 681 g/mol. The van der Waals surface area contributed by atoms with Crippen molar-refractivity contribution in [2.45, 2.75) is 80.1 Å². The summed E-state index contributed by atoms with van der Waals surface area (Å²) in [6.07, 6.45) is 17.0. The van der Waals surface area contributed by atoms with Crippen LogP contribution in [0.5, 0.6) is 0 Å². The maximum atomic E-state index is 13.1. The molecule has 49 heavy (non-hydrogen) atoms. The standard InChI is InChI=1S/C35H60N12O2/c1-23(2)13-14-27-22-35(6,15-11-12-24(3)29(48)46-33(40)44-18-9-7-16-42-31(36)37)28(20-25(27)4)21-26(5)30(49)47-34(41)45-19-10-8-17-43-32(38)39/h11-13,15,20-21,27-28H,7-10,14,16-19,22H2,1-6H3,(H4,36,37,42)(H4,38,39,43)(H3,40,44,46,48)(H3,41,45,47,49). The van der Waals surface area contributed by atoms with Crippen molar-refractivity contribution in [3.63, 3.8) is 0 Å². The molecule has 0 aromatic rings. The molecule has 0 bridgehead atoms. The van der Waals surface area contributed by atoms with Crippen LogP contribution in [0.4, 0.5) is 0 Å². The number of nitrogens with zero attached hydrogens (tertiary/aromatic N) is 4. The molecule has 1 rings (SSSR count). The summed E-state index contributed by atoms with van der Waals surface area (Å²) in [6.45, 7) is 13.9. The Morgan fingerprint density at radius 3 is 1.73 bits per heavy atom. The molecule has 0 aliphatic heterocycles. The molecular weight excluding hydrogens is 620 g/mol. The van der Waals surface area contributed by atoms with Crippen molar-refractivity contribution < 1.29 is 9.59 Å². The maximum Gasteiger partial charge on any atom is 0.253 e. The van der Waals surface area contributed by atoms with Crippen molar-refractivity contribution in [2.24, 2.45) is 71.6 Å². The van der Waals surface area contributed by atoms with E-state index in [4.69, 9.17) is 34.4 Å². The zero-order valence-electron chi connectivity index (χ0n) is 30.3. The number of guanidine groups is 4. The molecule has 272 valence electrons. The molecule has 0 saturated heterocycles. The molecule has 2 amide bonds. The molecule has 0 aromatic carbocycles. The normalized spacial score (nSPS) is 20.3. The fraction of sp³-hybridized carbons (Fsp3) is 0.543. The van der Waals surface area contributed by atoms with Crippen LogP contribution < -0.4 is 45.0 Å². The van der Waals surface area contributed by atoms with Crippen molar-refractivity contribution >= 4 is 35.7 Å². The number of aliphatic imine (C=N–C) groups is 4. The molecule has 0 saturated carbocycles. The maximum absolute atomic E-state index is 13.1. The molecule has 0 fully saturated rings. The molecular formula is C35H60N12O2. The molecule has 0 heterocycles. The first kappa shape index (κ1) is 42.1. The number of hydrogen-bond acceptors (Lipinski definition) is 6. The van der Waals surface area contributed by atoms with Crippen LogP contribution in [0.1, 0.15) is 80.1 Å². The van der Waals surface area contributed by atoms with Gasteiger partial charge in [0.2, 0.25) is 0 Å². The first-order valence-electron chi connectivity index (χ1n) is 16.7. The molecule has 1 aliphatic carbocycles. The van der Waals surface area contributed by atoms with Gasteiger partial charge in [0.25, 0.3) is 11.8 Å². The summed E-state index contributed by atoms with van der Waals surface area (Å²) in [5.41, 5.74) is 36.4. The van der Waals surface area contributed by atoms with Crippen molar-refractivity contribution in [2.75, 3.05) is 26.2 Å². The second-order valence-electron chi connectivity index (χ2n) is 12.9. The number of carbonyl (C=O) groups is 2. The van der Waals surface area contributed by atoms with Gasteiger partial charge in [0.05, 0.1) is 0 Å². The number of hydrogen-bond donors (Lipinski definition) is 8. The Bertz CT molecular complexity index is 1390. The largest absolute Gasteiger partial charge is 0.370 e. The van der Waals surface area contributed by atoms with Crippen LogP contribution in [0, 0.1) is 17.3 Å². The van der Waals surface area contributed by atoms with Crippen LogP contribution in [0.2, 0.25) is 0 Å². The molecule has 3 unspecified atom stereocenters. The Morgan fingerprint density at radius 1 is 0.796 bits per heavy atom. The summed E-state index contributed by atoms with van der Waals surface area (Å²) < 4.78 is 0. The average Bonchev–Trinajstić information content (AvgIpc) is 3.01. The minimum Gasteiger partial charge on any atom is -0.370 e. The highest BCUT2D eigenvalue weighted by molar-refractivity contribution is 6.05. The van der Waals surface area contributed by atoms with E-state index in [1.165, 1.54) is 11.1 Å². The van der Waals surface area contributed by atoms with E-state index in [0.29, 0.717) is 43.2 Å². The Labute approximate surface area is 292 Å². The highest BCUT2D eigenvalue weighted by Gasteiger charge is 2.36. The van der Waals surface area contributed by atoms with Crippen LogP contribution in [-0.4, -0.2) is 61.8 Å². The number of unbranched alkanes of at least 4 members (excludes halogenated alkanes) is 2. The van der Waals surface area contributed by atoms with Gasteiger partial charge in [-0.15, -0.1) is 0 Å². The lowest BCUT2D eigenvalue weighted by atomic mass is 9.64. The van der Waals surface area contributed by atoms with Crippen LogP contribution in [-0.2, 0) is 9.59 Å². The molecule has 3 atom stereocenters. The van der Waals surface area contributed by atoms with Gasteiger partial charge in [-0.2, -0.15) is 0 Å². The fourth-order valence-electron chi connectivity index (χ4n) is 5.11. The van der Waals surface area contributed by atoms with Gasteiger partial charge < -0.3 is 34.4 Å². The second kappa shape index (κ2) is 21.9. The number of amides is 2. The smallest absolute Gasteiger partial charge is 0.253 e. The Hall–Kier alpha value is -4.88. The summed E-state index contributed by atoms with van der Waals surface area (Å²) in [5.74, 6) is -0.168. The van der Waals surface area contributed by atoms with Crippen LogP contribution >= 0.6 is 0 Å². The highest BCUT2D eigenvalue weighted by Crippen LogP contribution is 2.46. The Balaban J connectivity index is 3.07. The van der Waals surface area contributed by atoms with Crippen molar-refractivity contribution in [1.82, 2.24) is 10.6 Å². The van der Waals surface area contributed by atoms with Gasteiger partial charge in [-0.05, 0) is 84.5 Å². The summed E-state index contributed by atoms with van der Waals surface area (Å²) in [6, 6.07) is 0. The highest BCUT2D eigenvalue weighted by atomic mass is 16.2. The first-order chi connectivity index (χ1) is 23.0. The van der Waals surface area contributed by atoms with E-state index in [2.05, 4.69) is 76.5 Å². The fourth-order valence-corrected chi connectivity index (χ4v) is 5.11. The summed E-state index contributed by atoms with van der Waals surface area (Å²) in [5, 5.41) is 5.32. The van der Waals surface area contributed by atoms with E-state index >= 15 is 0 Å². The molecule has 0 radical (unpaired) electrons. The van der Waals surface area contributed by atoms with Gasteiger partial charge >= 0.3 is 0 Å². The monoisotopic (exact) mass is 680 g/mol. The molecule has 14 N–H and O–H groups in total. The molecule has 14 heteroatoms. The number of nitrogens with two attached hydrogens (primary N) is 6. The van der Waals surface area contributed by atoms with Gasteiger partial charge in [0.15, 0.2) is 23.8 Å². The quantitative estimate of drug-likeness (QED) is 0.0281. The lowest BCUT2D eigenvalue weighted by molar-refractivity contribution is -0.117. The predicted octanol–water partition coefficient (Wildman–Crippen LogP) is 2.35. The number of rotatable bonds is 17. The van der Waals surface area contributed by atoms with Crippen LogP contribution in [0.15, 0.2) is 78.7 Å². The molecule has 0 aromatic heterocycles. The topological polar surface area (TPSA) is 264 Å². The van der Waals surface area contributed by atoms with Gasteiger partial charge in [0, 0.05) is 43.2 Å². The summed E-state index contributed by atoms with van der Waals surface area (Å²) in [4.78, 5) is 42.1. The third-order valence-electron chi connectivity index (χ3n) is 8.08. The Kier molecular flexibility index (Phi) is 18.8. The van der Waals surface area contributed by atoms with Gasteiger partial charge in [0.1, 0.15) is 0 Å². The van der Waals surface area contributed by atoms with Crippen molar-refractivity contribution in [3.8, 4) is 0 Å². The zero-order chi connectivity index (χ0) is 37.0. The number of nitrogens with one attached hydrogen (secondary N) is 2. The van der Waals surface area contributed by atoms with Gasteiger partial charge in [-0.25, -0.2) is 0 Å². The van der Waals surface area contributed by atoms with E-state index < -0.39 is 0 Å². The minimum absolute atomic E-state index is 0.0537. The van der Waals surface area contributed by atoms with Gasteiger partial charge in [-0.1, -0.05) is 54.5 Å². The molecule has 1 aliphatic rings. The van der Waals surface area contributed by atoms with E-state index in [1.54, 1.807) is 19.9 Å². The van der Waals surface area contributed by atoms with E-state index in [0.717, 1.165) is 38.5 Å².